The molecule has 0 saturated carbocycles. The lowest BCUT2D eigenvalue weighted by molar-refractivity contribution is 0.0940. The van der Waals surface area contributed by atoms with Crippen LogP contribution in [-0.4, -0.2) is 11.0 Å². The number of phenols is 1. The second kappa shape index (κ2) is 5.42. The highest BCUT2D eigenvalue weighted by Crippen LogP contribution is 2.26. The highest BCUT2D eigenvalue weighted by molar-refractivity contribution is 7.16. The van der Waals surface area contributed by atoms with Gasteiger partial charge in [-0.15, -0.1) is 11.3 Å². The normalized spacial score (nSPS) is 12.1. The number of carbonyl (C=O) groups excluding carboxylic acids is 1. The summed E-state index contributed by atoms with van der Waals surface area (Å²) in [6, 6.07) is 9.75. The van der Waals surface area contributed by atoms with E-state index in [-0.39, 0.29) is 17.7 Å². The summed E-state index contributed by atoms with van der Waals surface area (Å²) in [5.74, 6) is -0.0309. The first kappa shape index (κ1) is 12.9. The second-order valence-corrected chi connectivity index (χ2v) is 5.63. The number of aromatic hydroxyl groups is 1. The number of halogens is 1. The van der Waals surface area contributed by atoms with Crippen LogP contribution in [0.5, 0.6) is 5.75 Å². The van der Waals surface area contributed by atoms with E-state index in [2.05, 4.69) is 5.32 Å². The molecule has 18 heavy (non-hydrogen) atoms. The van der Waals surface area contributed by atoms with Crippen molar-refractivity contribution < 1.29 is 9.90 Å². The van der Waals surface area contributed by atoms with Gasteiger partial charge in [0.05, 0.1) is 10.4 Å². The zero-order valence-corrected chi connectivity index (χ0v) is 11.3. The van der Waals surface area contributed by atoms with E-state index in [1.54, 1.807) is 12.1 Å². The Kier molecular flexibility index (Phi) is 3.89. The molecule has 2 aromatic rings. The van der Waals surface area contributed by atoms with E-state index in [0.29, 0.717) is 9.90 Å². The Bertz CT molecular complexity index is 550. The SMILES string of the molecule is CC(NC(=O)c1ccc(O)cc1)c1ccc(Cl)s1. The Labute approximate surface area is 114 Å². The standard InChI is InChI=1S/C13H12ClNO2S/c1-8(11-6-7-12(14)18-11)15-13(17)9-2-4-10(16)5-3-9/h2-8,16H,1H3,(H,15,17). The maximum absolute atomic E-state index is 11.9. The van der Waals surface area contributed by atoms with Crippen LogP contribution in [0.3, 0.4) is 0 Å². The summed E-state index contributed by atoms with van der Waals surface area (Å²) in [6.07, 6.45) is 0. The van der Waals surface area contributed by atoms with E-state index in [1.807, 2.05) is 19.1 Å². The van der Waals surface area contributed by atoms with Gasteiger partial charge in [0.1, 0.15) is 5.75 Å². The molecule has 0 spiro atoms. The fourth-order valence-electron chi connectivity index (χ4n) is 1.52. The molecule has 1 aromatic heterocycles. The van der Waals surface area contributed by atoms with Crippen molar-refractivity contribution >= 4 is 28.8 Å². The summed E-state index contributed by atoms with van der Waals surface area (Å²) in [7, 11) is 0. The van der Waals surface area contributed by atoms with Crippen molar-refractivity contribution in [3.8, 4) is 5.75 Å². The summed E-state index contributed by atoms with van der Waals surface area (Å²) in [6.45, 7) is 1.90. The van der Waals surface area contributed by atoms with Gasteiger partial charge < -0.3 is 10.4 Å². The van der Waals surface area contributed by atoms with Gasteiger partial charge in [-0.2, -0.15) is 0 Å². The molecule has 3 nitrogen and oxygen atoms in total. The van der Waals surface area contributed by atoms with Crippen LogP contribution >= 0.6 is 22.9 Å². The summed E-state index contributed by atoms with van der Waals surface area (Å²) < 4.78 is 0.704. The number of benzene rings is 1. The topological polar surface area (TPSA) is 49.3 Å². The summed E-state index contributed by atoms with van der Waals surface area (Å²) in [4.78, 5) is 12.9. The zero-order valence-electron chi connectivity index (χ0n) is 9.68. The molecule has 1 aromatic carbocycles. The van der Waals surface area contributed by atoms with Gasteiger partial charge in [0.15, 0.2) is 0 Å². The first-order chi connectivity index (χ1) is 8.56. The van der Waals surface area contributed by atoms with Crippen LogP contribution < -0.4 is 5.32 Å². The van der Waals surface area contributed by atoms with Gasteiger partial charge in [0.25, 0.3) is 5.91 Å². The van der Waals surface area contributed by atoms with Crippen LogP contribution in [0, 0.1) is 0 Å². The molecule has 5 heteroatoms. The van der Waals surface area contributed by atoms with E-state index in [9.17, 15) is 4.79 Å². The van der Waals surface area contributed by atoms with E-state index >= 15 is 0 Å². The number of hydrogen-bond acceptors (Lipinski definition) is 3. The summed E-state index contributed by atoms with van der Waals surface area (Å²) in [5, 5.41) is 12.0. The van der Waals surface area contributed by atoms with Crippen LogP contribution in [-0.2, 0) is 0 Å². The molecule has 1 heterocycles. The van der Waals surface area contributed by atoms with Gasteiger partial charge in [-0.3, -0.25) is 4.79 Å². The van der Waals surface area contributed by atoms with Crippen LogP contribution in [0.1, 0.15) is 28.2 Å². The minimum atomic E-state index is -0.174. The number of nitrogens with one attached hydrogen (secondary N) is 1. The Morgan fingerprint density at radius 1 is 1.28 bits per heavy atom. The second-order valence-electron chi connectivity index (χ2n) is 3.88. The van der Waals surface area contributed by atoms with Crippen LogP contribution in [0.25, 0.3) is 0 Å². The zero-order chi connectivity index (χ0) is 13.1. The van der Waals surface area contributed by atoms with Crippen molar-refractivity contribution in [2.45, 2.75) is 13.0 Å². The van der Waals surface area contributed by atoms with Gasteiger partial charge in [0.2, 0.25) is 0 Å². The number of hydrogen-bond donors (Lipinski definition) is 2. The maximum Gasteiger partial charge on any atom is 0.251 e. The smallest absolute Gasteiger partial charge is 0.251 e. The van der Waals surface area contributed by atoms with E-state index < -0.39 is 0 Å². The van der Waals surface area contributed by atoms with E-state index in [4.69, 9.17) is 16.7 Å². The van der Waals surface area contributed by atoms with Crippen LogP contribution in [0.15, 0.2) is 36.4 Å². The molecule has 1 atom stereocenters. The largest absolute Gasteiger partial charge is 0.508 e. The molecular weight excluding hydrogens is 270 g/mol. The summed E-state index contributed by atoms with van der Waals surface area (Å²) in [5.41, 5.74) is 0.516. The van der Waals surface area contributed by atoms with E-state index in [1.165, 1.54) is 23.5 Å². The fourth-order valence-corrected chi connectivity index (χ4v) is 2.59. The fraction of sp³-hybridized carbons (Fsp3) is 0.154. The number of thiophene rings is 1. The Morgan fingerprint density at radius 3 is 2.50 bits per heavy atom. The lowest BCUT2D eigenvalue weighted by atomic mass is 10.2. The lowest BCUT2D eigenvalue weighted by Crippen LogP contribution is -2.25. The van der Waals surface area contributed by atoms with Crippen molar-refractivity contribution in [2.24, 2.45) is 0 Å². The molecule has 0 radical (unpaired) electrons. The Balaban J connectivity index is 2.05. The molecule has 1 amide bonds. The van der Waals surface area contributed by atoms with Crippen molar-refractivity contribution in [1.82, 2.24) is 5.32 Å². The minimum absolute atomic E-state index is 0.0937. The molecule has 2 N–H and O–H groups in total. The first-order valence-electron chi connectivity index (χ1n) is 5.41. The average molecular weight is 282 g/mol. The van der Waals surface area contributed by atoms with Gasteiger partial charge in [-0.05, 0) is 43.3 Å². The number of rotatable bonds is 3. The monoisotopic (exact) mass is 281 g/mol. The van der Waals surface area contributed by atoms with Gasteiger partial charge in [-0.25, -0.2) is 0 Å². The van der Waals surface area contributed by atoms with Crippen molar-refractivity contribution in [1.29, 1.82) is 0 Å². The minimum Gasteiger partial charge on any atom is -0.508 e. The highest BCUT2D eigenvalue weighted by atomic mass is 35.5. The first-order valence-corrected chi connectivity index (χ1v) is 6.61. The molecule has 0 aliphatic heterocycles. The molecule has 0 saturated heterocycles. The number of carbonyl (C=O) groups is 1. The predicted molar refractivity (Wildman–Crippen MR) is 73.3 cm³/mol. The van der Waals surface area contributed by atoms with Gasteiger partial charge in [0, 0.05) is 10.4 Å². The third-order valence-electron chi connectivity index (χ3n) is 2.50. The molecule has 0 aliphatic rings. The molecule has 0 fully saturated rings. The third-order valence-corrected chi connectivity index (χ3v) is 3.91. The van der Waals surface area contributed by atoms with Crippen molar-refractivity contribution in [3.63, 3.8) is 0 Å². The highest BCUT2D eigenvalue weighted by Gasteiger charge is 2.12. The van der Waals surface area contributed by atoms with Gasteiger partial charge >= 0.3 is 0 Å². The molecular formula is C13H12ClNO2S. The number of phenolic OH excluding ortho intramolecular Hbond substituents is 1. The maximum atomic E-state index is 11.9. The third kappa shape index (κ3) is 3.03. The molecule has 2 rings (SSSR count). The van der Waals surface area contributed by atoms with Crippen molar-refractivity contribution in [2.75, 3.05) is 0 Å². The lowest BCUT2D eigenvalue weighted by Gasteiger charge is -2.12. The molecule has 94 valence electrons. The van der Waals surface area contributed by atoms with Crippen molar-refractivity contribution in [3.05, 3.63) is 51.2 Å². The summed E-state index contributed by atoms with van der Waals surface area (Å²) >= 11 is 7.30. The average Bonchev–Trinajstić information content (AvgIpc) is 2.76. The van der Waals surface area contributed by atoms with Gasteiger partial charge in [-0.1, -0.05) is 11.6 Å². The van der Waals surface area contributed by atoms with E-state index in [0.717, 1.165) is 4.88 Å². The predicted octanol–water partition coefficient (Wildman–Crippen LogP) is 3.60. The molecule has 0 aliphatic carbocycles. The quantitative estimate of drug-likeness (QED) is 0.903. The Morgan fingerprint density at radius 2 is 1.94 bits per heavy atom. The molecule has 0 bridgehead atoms. The molecule has 1 unspecified atom stereocenters. The number of amides is 1. The van der Waals surface area contributed by atoms with Crippen LogP contribution in [0.4, 0.5) is 0 Å². The Hall–Kier alpha value is -1.52. The van der Waals surface area contributed by atoms with Crippen LogP contribution in [0.2, 0.25) is 4.34 Å².